The van der Waals surface area contributed by atoms with Gasteiger partial charge < -0.3 is 5.32 Å². The van der Waals surface area contributed by atoms with E-state index in [2.05, 4.69) is 16.2 Å². The minimum Gasteiger partial charge on any atom is -0.325 e. The van der Waals surface area contributed by atoms with Crippen molar-refractivity contribution < 1.29 is 4.79 Å². The first-order valence-electron chi connectivity index (χ1n) is 4.70. The number of hydrogen-bond acceptors (Lipinski definition) is 3. The van der Waals surface area contributed by atoms with E-state index in [1.165, 1.54) is 0 Å². The Kier molecular flexibility index (Phi) is 2.76. The molecule has 2 rings (SSSR count). The molecule has 0 aliphatic carbocycles. The number of nitrogens with one attached hydrogen (secondary N) is 3. The highest BCUT2D eigenvalue weighted by atomic mass is 16.2. The Labute approximate surface area is 82.7 Å². The zero-order valence-corrected chi connectivity index (χ0v) is 7.79. The molecule has 1 aromatic carbocycles. The molecule has 0 aromatic heterocycles. The van der Waals surface area contributed by atoms with Crippen LogP contribution in [-0.4, -0.2) is 18.5 Å². The van der Waals surface area contributed by atoms with E-state index in [9.17, 15) is 4.79 Å². The monoisotopic (exact) mass is 191 g/mol. The highest BCUT2D eigenvalue weighted by Crippen LogP contribution is 2.07. The molecule has 1 heterocycles. The molecule has 1 atom stereocenters. The van der Waals surface area contributed by atoms with Crippen molar-refractivity contribution >= 4 is 11.6 Å². The first-order chi connectivity index (χ1) is 6.86. The maximum Gasteiger partial charge on any atom is 0.242 e. The van der Waals surface area contributed by atoms with E-state index in [4.69, 9.17) is 0 Å². The Morgan fingerprint density at radius 3 is 2.79 bits per heavy atom. The van der Waals surface area contributed by atoms with Crippen LogP contribution in [0.15, 0.2) is 30.3 Å². The predicted octanol–water partition coefficient (Wildman–Crippen LogP) is 0.492. The highest BCUT2D eigenvalue weighted by molar-refractivity contribution is 5.94. The SMILES string of the molecule is O=C(Nc1ccccc1)C1CCNN1. The minimum absolute atomic E-state index is 0.0150. The van der Waals surface area contributed by atoms with Crippen molar-refractivity contribution in [2.24, 2.45) is 0 Å². The third-order valence-electron chi connectivity index (χ3n) is 2.19. The Bertz CT molecular complexity index is 306. The maximum absolute atomic E-state index is 11.6. The van der Waals surface area contributed by atoms with E-state index in [1.54, 1.807) is 0 Å². The summed E-state index contributed by atoms with van der Waals surface area (Å²) in [6, 6.07) is 9.35. The molecule has 4 heteroatoms. The number of benzene rings is 1. The van der Waals surface area contributed by atoms with Gasteiger partial charge in [-0.2, -0.15) is 0 Å². The smallest absolute Gasteiger partial charge is 0.242 e. The average Bonchev–Trinajstić information content (AvgIpc) is 2.72. The van der Waals surface area contributed by atoms with Gasteiger partial charge in [0.15, 0.2) is 0 Å². The lowest BCUT2D eigenvalue weighted by molar-refractivity contribution is -0.117. The zero-order valence-electron chi connectivity index (χ0n) is 7.79. The molecule has 1 unspecified atom stereocenters. The Balaban J connectivity index is 1.94. The maximum atomic E-state index is 11.6. The quantitative estimate of drug-likeness (QED) is 0.637. The molecule has 1 aromatic rings. The number of hydrazine groups is 1. The second kappa shape index (κ2) is 4.21. The molecule has 1 saturated heterocycles. The number of para-hydroxylation sites is 1. The summed E-state index contributed by atoms with van der Waals surface area (Å²) < 4.78 is 0. The van der Waals surface area contributed by atoms with Crippen LogP contribution < -0.4 is 16.2 Å². The predicted molar refractivity (Wildman–Crippen MR) is 54.6 cm³/mol. The molecule has 14 heavy (non-hydrogen) atoms. The summed E-state index contributed by atoms with van der Waals surface area (Å²) in [6.07, 6.45) is 0.832. The molecule has 0 spiro atoms. The molecular formula is C10H13N3O. The van der Waals surface area contributed by atoms with E-state index < -0.39 is 0 Å². The molecule has 1 amide bonds. The number of anilines is 1. The van der Waals surface area contributed by atoms with Crippen molar-refractivity contribution in [3.8, 4) is 0 Å². The van der Waals surface area contributed by atoms with Gasteiger partial charge in [0.25, 0.3) is 0 Å². The summed E-state index contributed by atoms with van der Waals surface area (Å²) in [7, 11) is 0. The van der Waals surface area contributed by atoms with E-state index in [-0.39, 0.29) is 11.9 Å². The summed E-state index contributed by atoms with van der Waals surface area (Å²) in [5, 5.41) is 2.84. The molecule has 3 N–H and O–H groups in total. The van der Waals surface area contributed by atoms with Crippen LogP contribution >= 0.6 is 0 Å². The first kappa shape index (κ1) is 9.18. The van der Waals surface area contributed by atoms with E-state index in [0.29, 0.717) is 0 Å². The van der Waals surface area contributed by atoms with Crippen molar-refractivity contribution in [1.29, 1.82) is 0 Å². The lowest BCUT2D eigenvalue weighted by Gasteiger charge is -2.09. The number of carbonyl (C=O) groups excluding carboxylic acids is 1. The largest absolute Gasteiger partial charge is 0.325 e. The number of amides is 1. The van der Waals surface area contributed by atoms with Gasteiger partial charge in [-0.15, -0.1) is 0 Å². The van der Waals surface area contributed by atoms with Crippen LogP contribution in [0.3, 0.4) is 0 Å². The normalized spacial score (nSPS) is 20.7. The van der Waals surface area contributed by atoms with Crippen LogP contribution in [0.5, 0.6) is 0 Å². The average molecular weight is 191 g/mol. The highest BCUT2D eigenvalue weighted by Gasteiger charge is 2.21. The van der Waals surface area contributed by atoms with Gasteiger partial charge in [-0.3, -0.25) is 10.2 Å². The summed E-state index contributed by atoms with van der Waals surface area (Å²) in [4.78, 5) is 11.6. The molecule has 0 radical (unpaired) electrons. The van der Waals surface area contributed by atoms with Gasteiger partial charge in [-0.1, -0.05) is 18.2 Å². The van der Waals surface area contributed by atoms with Crippen LogP contribution in [0, 0.1) is 0 Å². The third-order valence-corrected chi connectivity index (χ3v) is 2.19. The van der Waals surface area contributed by atoms with Crippen LogP contribution in [0.2, 0.25) is 0 Å². The summed E-state index contributed by atoms with van der Waals surface area (Å²) in [6.45, 7) is 0.840. The lowest BCUT2D eigenvalue weighted by atomic mass is 10.2. The van der Waals surface area contributed by atoms with E-state index in [0.717, 1.165) is 18.7 Å². The number of rotatable bonds is 2. The summed E-state index contributed by atoms with van der Waals surface area (Å²) >= 11 is 0. The van der Waals surface area contributed by atoms with Gasteiger partial charge >= 0.3 is 0 Å². The van der Waals surface area contributed by atoms with Crippen LogP contribution in [-0.2, 0) is 4.79 Å². The van der Waals surface area contributed by atoms with E-state index in [1.807, 2.05) is 30.3 Å². The fourth-order valence-electron chi connectivity index (χ4n) is 1.43. The second-order valence-corrected chi connectivity index (χ2v) is 3.27. The second-order valence-electron chi connectivity index (χ2n) is 3.27. The summed E-state index contributed by atoms with van der Waals surface area (Å²) in [5.74, 6) is 0.0150. The van der Waals surface area contributed by atoms with Crippen molar-refractivity contribution in [3.05, 3.63) is 30.3 Å². The Hall–Kier alpha value is -1.39. The van der Waals surface area contributed by atoms with Gasteiger partial charge in [0.05, 0.1) is 0 Å². The number of carbonyl (C=O) groups is 1. The fourth-order valence-corrected chi connectivity index (χ4v) is 1.43. The summed E-state index contributed by atoms with van der Waals surface area (Å²) in [5.41, 5.74) is 6.68. The lowest BCUT2D eigenvalue weighted by Crippen LogP contribution is -2.39. The van der Waals surface area contributed by atoms with Gasteiger partial charge in [0, 0.05) is 12.2 Å². The molecule has 1 fully saturated rings. The molecule has 0 bridgehead atoms. The number of hydrogen-bond donors (Lipinski definition) is 3. The minimum atomic E-state index is -0.116. The van der Waals surface area contributed by atoms with Crippen molar-refractivity contribution in [1.82, 2.24) is 10.9 Å². The van der Waals surface area contributed by atoms with Crippen LogP contribution in [0.25, 0.3) is 0 Å². The molecular weight excluding hydrogens is 178 g/mol. The standard InChI is InChI=1S/C10H13N3O/c14-10(9-6-7-11-13-9)12-8-4-2-1-3-5-8/h1-5,9,11,13H,6-7H2,(H,12,14). The van der Waals surface area contributed by atoms with Crippen LogP contribution in [0.4, 0.5) is 5.69 Å². The van der Waals surface area contributed by atoms with Crippen molar-refractivity contribution in [2.45, 2.75) is 12.5 Å². The molecule has 4 nitrogen and oxygen atoms in total. The molecule has 74 valence electrons. The third kappa shape index (κ3) is 2.10. The zero-order chi connectivity index (χ0) is 9.80. The molecule has 1 aliphatic heterocycles. The first-order valence-corrected chi connectivity index (χ1v) is 4.70. The topological polar surface area (TPSA) is 53.2 Å². The Morgan fingerprint density at radius 1 is 1.36 bits per heavy atom. The van der Waals surface area contributed by atoms with Gasteiger partial charge in [-0.05, 0) is 18.6 Å². The molecule has 1 aliphatic rings. The molecule has 0 saturated carbocycles. The van der Waals surface area contributed by atoms with Gasteiger partial charge in [0.1, 0.15) is 6.04 Å². The van der Waals surface area contributed by atoms with Crippen molar-refractivity contribution in [2.75, 3.05) is 11.9 Å². The van der Waals surface area contributed by atoms with Crippen LogP contribution in [0.1, 0.15) is 6.42 Å². The van der Waals surface area contributed by atoms with Crippen molar-refractivity contribution in [3.63, 3.8) is 0 Å². The Morgan fingerprint density at radius 2 is 2.14 bits per heavy atom. The van der Waals surface area contributed by atoms with E-state index >= 15 is 0 Å². The fraction of sp³-hybridized carbons (Fsp3) is 0.300. The van der Waals surface area contributed by atoms with Gasteiger partial charge in [-0.25, -0.2) is 5.43 Å². The van der Waals surface area contributed by atoms with Gasteiger partial charge in [0.2, 0.25) is 5.91 Å².